The zero-order valence-electron chi connectivity index (χ0n) is 10.1. The maximum atomic E-state index is 12.5. The van der Waals surface area contributed by atoms with Gasteiger partial charge in [-0.25, -0.2) is 0 Å². The van der Waals surface area contributed by atoms with Crippen molar-refractivity contribution < 1.29 is 18.0 Å². The van der Waals surface area contributed by atoms with Crippen molar-refractivity contribution >= 4 is 5.91 Å². The van der Waals surface area contributed by atoms with Crippen LogP contribution in [0.15, 0.2) is 0 Å². The number of carbonyl (C=O) groups excluding carboxylic acids is 1. The summed E-state index contributed by atoms with van der Waals surface area (Å²) in [6.45, 7) is 4.30. The van der Waals surface area contributed by atoms with Crippen molar-refractivity contribution in [3.63, 3.8) is 0 Å². The first-order valence-corrected chi connectivity index (χ1v) is 5.18. The third-order valence-corrected chi connectivity index (χ3v) is 2.72. The van der Waals surface area contributed by atoms with Crippen molar-refractivity contribution in [3.8, 4) is 0 Å². The summed E-state index contributed by atoms with van der Waals surface area (Å²) < 4.78 is 37.6. The number of amides is 1. The van der Waals surface area contributed by atoms with E-state index in [9.17, 15) is 18.0 Å². The number of hydrogen-bond acceptors (Lipinski definition) is 2. The predicted molar refractivity (Wildman–Crippen MR) is 55.8 cm³/mol. The van der Waals surface area contributed by atoms with Gasteiger partial charge in [0, 0.05) is 13.1 Å². The smallest absolute Gasteiger partial charge is 0.341 e. The molecule has 0 rings (SSSR count). The average molecular weight is 240 g/mol. The fourth-order valence-electron chi connectivity index (χ4n) is 1.30. The second-order valence-electron chi connectivity index (χ2n) is 4.25. The molecular weight excluding hydrogens is 221 g/mol. The number of nitrogens with two attached hydrogens (primary N) is 1. The number of likely N-dealkylation sites (N-methyl/N-ethyl adjacent to an activating group) is 1. The van der Waals surface area contributed by atoms with Crippen LogP contribution in [0.4, 0.5) is 13.2 Å². The first kappa shape index (κ1) is 15.2. The summed E-state index contributed by atoms with van der Waals surface area (Å²) >= 11 is 0. The van der Waals surface area contributed by atoms with Crippen molar-refractivity contribution in [1.29, 1.82) is 0 Å². The number of hydrogen-bond donors (Lipinski definition) is 1. The van der Waals surface area contributed by atoms with E-state index in [1.807, 2.05) is 6.92 Å². The molecule has 0 aliphatic heterocycles. The number of nitrogens with zero attached hydrogens (tertiary/aromatic N) is 1. The Morgan fingerprint density at radius 2 is 1.88 bits per heavy atom. The Kier molecular flexibility index (Phi) is 4.79. The maximum Gasteiger partial charge on any atom is 0.415 e. The van der Waals surface area contributed by atoms with E-state index in [4.69, 9.17) is 5.73 Å². The molecule has 0 aliphatic rings. The molecule has 0 heterocycles. The van der Waals surface area contributed by atoms with Crippen LogP contribution in [0.2, 0.25) is 0 Å². The summed E-state index contributed by atoms with van der Waals surface area (Å²) in [7, 11) is 1.35. The molecule has 0 bridgehead atoms. The van der Waals surface area contributed by atoms with Gasteiger partial charge in [-0.3, -0.25) is 4.79 Å². The Balaban J connectivity index is 4.80. The minimum absolute atomic E-state index is 0.247. The first-order chi connectivity index (χ1) is 7.05. The Morgan fingerprint density at radius 1 is 1.44 bits per heavy atom. The van der Waals surface area contributed by atoms with Gasteiger partial charge in [-0.1, -0.05) is 13.3 Å². The van der Waals surface area contributed by atoms with Crippen LogP contribution in [0.3, 0.4) is 0 Å². The molecule has 16 heavy (non-hydrogen) atoms. The quantitative estimate of drug-likeness (QED) is 0.816. The van der Waals surface area contributed by atoms with Crippen LogP contribution in [0.1, 0.15) is 33.6 Å². The van der Waals surface area contributed by atoms with Gasteiger partial charge >= 0.3 is 6.18 Å². The molecule has 0 aromatic rings. The molecule has 0 aromatic heterocycles. The van der Waals surface area contributed by atoms with Crippen LogP contribution in [-0.4, -0.2) is 35.6 Å². The second kappa shape index (κ2) is 5.03. The van der Waals surface area contributed by atoms with Crippen LogP contribution in [0, 0.1) is 0 Å². The molecule has 0 aromatic carbocycles. The standard InChI is InChI=1S/C10H19F3N2O/c1-5-6-7(2)15(4)8(16)9(3,14)10(11,12)13/h7H,5-6,14H2,1-4H3. The molecule has 0 aliphatic carbocycles. The molecule has 0 saturated carbocycles. The number of rotatable bonds is 4. The van der Waals surface area contributed by atoms with Crippen LogP contribution >= 0.6 is 0 Å². The average Bonchev–Trinajstić information content (AvgIpc) is 2.14. The highest BCUT2D eigenvalue weighted by Gasteiger charge is 2.55. The van der Waals surface area contributed by atoms with Crippen molar-refractivity contribution in [2.75, 3.05) is 7.05 Å². The molecule has 1 amide bonds. The molecule has 0 radical (unpaired) electrons. The van der Waals surface area contributed by atoms with Crippen LogP contribution < -0.4 is 5.73 Å². The summed E-state index contributed by atoms with van der Waals surface area (Å²) in [6, 6.07) is -0.247. The van der Waals surface area contributed by atoms with E-state index in [2.05, 4.69) is 0 Å². The van der Waals surface area contributed by atoms with Gasteiger partial charge in [-0.05, 0) is 20.3 Å². The Hall–Kier alpha value is -0.780. The number of halogens is 3. The molecule has 3 nitrogen and oxygen atoms in total. The molecule has 96 valence electrons. The van der Waals surface area contributed by atoms with Crippen molar-refractivity contribution in [1.82, 2.24) is 4.90 Å². The van der Waals surface area contributed by atoms with Gasteiger partial charge in [-0.2, -0.15) is 13.2 Å². The summed E-state index contributed by atoms with van der Waals surface area (Å²) in [4.78, 5) is 12.7. The highest BCUT2D eigenvalue weighted by molar-refractivity contribution is 5.86. The lowest BCUT2D eigenvalue weighted by atomic mass is 10.00. The maximum absolute atomic E-state index is 12.5. The third-order valence-electron chi connectivity index (χ3n) is 2.72. The lowest BCUT2D eigenvalue weighted by Gasteiger charge is -2.34. The Morgan fingerprint density at radius 3 is 2.19 bits per heavy atom. The zero-order valence-corrected chi connectivity index (χ0v) is 10.1. The summed E-state index contributed by atoms with van der Waals surface area (Å²) in [5.41, 5.74) is 2.24. The fourth-order valence-corrected chi connectivity index (χ4v) is 1.30. The summed E-state index contributed by atoms with van der Waals surface area (Å²) in [6.07, 6.45) is -3.29. The van der Waals surface area contributed by atoms with Gasteiger partial charge in [0.1, 0.15) is 0 Å². The first-order valence-electron chi connectivity index (χ1n) is 5.18. The molecule has 2 N–H and O–H groups in total. The predicted octanol–water partition coefficient (Wildman–Crippen LogP) is 1.91. The highest BCUT2D eigenvalue weighted by Crippen LogP contribution is 2.29. The van der Waals surface area contributed by atoms with Gasteiger partial charge in [0.15, 0.2) is 5.54 Å². The molecule has 6 heteroatoms. The monoisotopic (exact) mass is 240 g/mol. The third kappa shape index (κ3) is 3.10. The Labute approximate surface area is 93.8 Å². The fraction of sp³-hybridized carbons (Fsp3) is 0.900. The topological polar surface area (TPSA) is 46.3 Å². The number of alkyl halides is 3. The van der Waals surface area contributed by atoms with Gasteiger partial charge in [0.25, 0.3) is 5.91 Å². The minimum atomic E-state index is -4.73. The number of carbonyl (C=O) groups is 1. The summed E-state index contributed by atoms with van der Waals surface area (Å²) in [5.74, 6) is -1.10. The van der Waals surface area contributed by atoms with Crippen LogP contribution in [0.25, 0.3) is 0 Å². The van der Waals surface area contributed by atoms with E-state index >= 15 is 0 Å². The molecule has 0 spiro atoms. The molecular formula is C10H19F3N2O. The van der Waals surface area contributed by atoms with Crippen LogP contribution in [-0.2, 0) is 4.79 Å². The van der Waals surface area contributed by atoms with E-state index < -0.39 is 17.6 Å². The van der Waals surface area contributed by atoms with E-state index in [1.165, 1.54) is 7.05 Å². The zero-order chi connectivity index (χ0) is 13.1. The molecule has 0 fully saturated rings. The van der Waals surface area contributed by atoms with Crippen molar-refractivity contribution in [3.05, 3.63) is 0 Å². The van der Waals surface area contributed by atoms with Gasteiger partial charge < -0.3 is 10.6 Å². The normalized spacial score (nSPS) is 17.8. The van der Waals surface area contributed by atoms with Gasteiger partial charge in [-0.15, -0.1) is 0 Å². The van der Waals surface area contributed by atoms with E-state index in [0.29, 0.717) is 13.3 Å². The Bertz CT molecular complexity index is 251. The second-order valence-corrected chi connectivity index (χ2v) is 4.25. The lowest BCUT2D eigenvalue weighted by molar-refractivity contribution is -0.194. The van der Waals surface area contributed by atoms with Crippen LogP contribution in [0.5, 0.6) is 0 Å². The molecule has 2 atom stereocenters. The van der Waals surface area contributed by atoms with E-state index in [-0.39, 0.29) is 6.04 Å². The highest BCUT2D eigenvalue weighted by atomic mass is 19.4. The SMILES string of the molecule is CCCC(C)N(C)C(=O)C(C)(N)C(F)(F)F. The van der Waals surface area contributed by atoms with E-state index in [1.54, 1.807) is 6.92 Å². The lowest BCUT2D eigenvalue weighted by Crippen LogP contribution is -2.62. The summed E-state index contributed by atoms with van der Waals surface area (Å²) in [5, 5.41) is 0. The van der Waals surface area contributed by atoms with Crippen molar-refractivity contribution in [2.24, 2.45) is 5.73 Å². The van der Waals surface area contributed by atoms with Gasteiger partial charge in [0.05, 0.1) is 0 Å². The molecule has 0 saturated heterocycles. The van der Waals surface area contributed by atoms with E-state index in [0.717, 1.165) is 11.3 Å². The molecule has 2 unspecified atom stereocenters. The minimum Gasteiger partial charge on any atom is -0.341 e. The largest absolute Gasteiger partial charge is 0.415 e. The van der Waals surface area contributed by atoms with Gasteiger partial charge in [0.2, 0.25) is 0 Å². The van der Waals surface area contributed by atoms with Crippen molar-refractivity contribution in [2.45, 2.75) is 51.4 Å².